The van der Waals surface area contributed by atoms with E-state index in [9.17, 15) is 12.8 Å². The summed E-state index contributed by atoms with van der Waals surface area (Å²) in [4.78, 5) is 2.41. The largest absolute Gasteiger partial charge is 0.352 e. The first kappa shape index (κ1) is 21.7. The topological polar surface area (TPSA) is 63.4 Å². The molecule has 0 saturated carbocycles. The van der Waals surface area contributed by atoms with E-state index in [1.807, 2.05) is 6.07 Å². The van der Waals surface area contributed by atoms with Crippen molar-refractivity contribution in [2.45, 2.75) is 24.4 Å². The van der Waals surface area contributed by atoms with Crippen molar-refractivity contribution in [1.82, 2.24) is 18.7 Å². The van der Waals surface area contributed by atoms with Gasteiger partial charge >= 0.3 is 0 Å². The number of benzene rings is 2. The van der Waals surface area contributed by atoms with Crippen molar-refractivity contribution in [3.05, 3.63) is 58.6 Å². The third kappa shape index (κ3) is 3.90. The number of hydrogen-bond donors (Lipinski definition) is 0. The summed E-state index contributed by atoms with van der Waals surface area (Å²) in [6.07, 6.45) is 1.69. The Balaban J connectivity index is 1.68. The number of hydrogen-bond acceptors (Lipinski definition) is 5. The van der Waals surface area contributed by atoms with Gasteiger partial charge in [-0.1, -0.05) is 12.1 Å². The minimum Gasteiger partial charge on any atom is -0.352 e. The highest BCUT2D eigenvalue weighted by molar-refractivity contribution is 7.89. The highest BCUT2D eigenvalue weighted by Crippen LogP contribution is 2.31. The van der Waals surface area contributed by atoms with Gasteiger partial charge in [0.2, 0.25) is 10.0 Å². The first-order valence-electron chi connectivity index (χ1n) is 9.89. The number of aryl methyl sites for hydroxylation is 1. The third-order valence-electron chi connectivity index (χ3n) is 5.50. The molecule has 3 aromatic rings. The highest BCUT2D eigenvalue weighted by atomic mass is 32.2. The second-order valence-corrected chi connectivity index (χ2v) is 10.2. The molecule has 2 aromatic carbocycles. The molecule has 31 heavy (non-hydrogen) atoms. The molecule has 0 amide bonds. The van der Waals surface area contributed by atoms with Gasteiger partial charge in [-0.3, -0.25) is 0 Å². The average Bonchev–Trinajstić information content (AvgIpc) is 3.02. The number of fused-ring (bicyclic) bond motifs is 1. The molecule has 10 heteroatoms. The Morgan fingerprint density at radius 3 is 2.65 bits per heavy atom. The Bertz CT molecular complexity index is 1300. The van der Waals surface area contributed by atoms with Crippen LogP contribution >= 0.6 is 12.2 Å². The molecule has 0 radical (unpaired) electrons. The lowest BCUT2D eigenvalue weighted by Gasteiger charge is -2.31. The zero-order chi connectivity index (χ0) is 22.3. The smallest absolute Gasteiger partial charge is 0.242 e. The number of anilines is 1. The first-order valence-corrected chi connectivity index (χ1v) is 11.7. The monoisotopic (exact) mass is 461 g/mol. The summed E-state index contributed by atoms with van der Waals surface area (Å²) >= 11 is 5.55. The lowest BCUT2D eigenvalue weighted by Crippen LogP contribution is -2.32. The van der Waals surface area contributed by atoms with Gasteiger partial charge < -0.3 is 9.47 Å². The van der Waals surface area contributed by atoms with Crippen LogP contribution in [0.4, 0.5) is 10.1 Å². The Hall–Kier alpha value is -2.56. The van der Waals surface area contributed by atoms with Crippen LogP contribution in [0.5, 0.6) is 0 Å². The van der Waals surface area contributed by atoms with Gasteiger partial charge in [0.15, 0.2) is 10.6 Å². The molecule has 4 rings (SSSR count). The van der Waals surface area contributed by atoms with Crippen molar-refractivity contribution >= 4 is 27.9 Å². The van der Waals surface area contributed by atoms with Crippen molar-refractivity contribution in [2.75, 3.05) is 25.5 Å². The maximum absolute atomic E-state index is 14.3. The van der Waals surface area contributed by atoms with Crippen LogP contribution in [0.1, 0.15) is 12.0 Å². The third-order valence-corrected chi connectivity index (χ3v) is 7.80. The van der Waals surface area contributed by atoms with E-state index in [1.165, 1.54) is 24.5 Å². The van der Waals surface area contributed by atoms with Gasteiger partial charge in [0.25, 0.3) is 0 Å². The number of aromatic nitrogens is 3. The molecule has 0 atom stereocenters. The van der Waals surface area contributed by atoms with Crippen LogP contribution in [-0.2, 0) is 30.2 Å². The molecular formula is C21H24FN5O2S2. The molecule has 164 valence electrons. The maximum atomic E-state index is 14.3. The predicted molar refractivity (Wildman–Crippen MR) is 120 cm³/mol. The van der Waals surface area contributed by atoms with Gasteiger partial charge in [-0.15, -0.1) is 5.10 Å². The lowest BCUT2D eigenvalue weighted by molar-refractivity contribution is 0.519. The molecule has 0 saturated heterocycles. The summed E-state index contributed by atoms with van der Waals surface area (Å²) in [5.74, 6) is 0.114. The molecule has 0 aliphatic carbocycles. The van der Waals surface area contributed by atoms with E-state index in [1.54, 1.807) is 46.6 Å². The van der Waals surface area contributed by atoms with Crippen molar-refractivity contribution in [1.29, 1.82) is 0 Å². The van der Waals surface area contributed by atoms with Gasteiger partial charge in [-0.25, -0.2) is 21.8 Å². The van der Waals surface area contributed by atoms with Gasteiger partial charge in [-0.05, 0) is 61.0 Å². The molecule has 0 fully saturated rings. The Labute approximate surface area is 186 Å². The summed E-state index contributed by atoms with van der Waals surface area (Å²) in [6, 6.07) is 11.7. The fourth-order valence-corrected chi connectivity index (χ4v) is 4.93. The minimum absolute atomic E-state index is 0.286. The van der Waals surface area contributed by atoms with E-state index in [0.29, 0.717) is 22.8 Å². The van der Waals surface area contributed by atoms with E-state index in [-0.39, 0.29) is 10.7 Å². The van der Waals surface area contributed by atoms with Gasteiger partial charge in [0, 0.05) is 33.4 Å². The quantitative estimate of drug-likeness (QED) is 0.545. The van der Waals surface area contributed by atoms with Crippen LogP contribution in [0.3, 0.4) is 0 Å². The number of nitrogens with zero attached hydrogens (tertiary/aromatic N) is 5. The zero-order valence-electron chi connectivity index (χ0n) is 17.6. The Morgan fingerprint density at radius 2 is 1.94 bits per heavy atom. The van der Waals surface area contributed by atoms with E-state index in [4.69, 9.17) is 12.2 Å². The van der Waals surface area contributed by atoms with Crippen molar-refractivity contribution < 1.29 is 12.8 Å². The number of sulfonamides is 1. The summed E-state index contributed by atoms with van der Waals surface area (Å²) in [5, 5.41) is 4.58. The SMILES string of the molecule is CN(C)S(=O)(=O)c1ccc2c(c1)CCCN2Cn1nc(-c2ccccc2F)n(C)c1=S. The standard InChI is InChI=1S/C21H24FN5O2S2/c1-24(2)31(28,29)16-10-11-19-15(13-16)7-6-12-26(19)14-27-21(30)25(3)20(23-27)17-8-4-5-9-18(17)22/h4-5,8-11,13H,6-7,12,14H2,1-3H3. The highest BCUT2D eigenvalue weighted by Gasteiger charge is 2.23. The average molecular weight is 462 g/mol. The van der Waals surface area contributed by atoms with Gasteiger partial charge in [0.1, 0.15) is 12.5 Å². The lowest BCUT2D eigenvalue weighted by atomic mass is 10.0. The van der Waals surface area contributed by atoms with Crippen molar-refractivity contribution in [3.8, 4) is 11.4 Å². The first-order chi connectivity index (χ1) is 14.7. The van der Waals surface area contributed by atoms with Crippen LogP contribution in [0.25, 0.3) is 11.4 Å². The molecule has 1 aliphatic heterocycles. The van der Waals surface area contributed by atoms with E-state index < -0.39 is 10.0 Å². The molecule has 1 aromatic heterocycles. The van der Waals surface area contributed by atoms with Crippen LogP contribution in [0.15, 0.2) is 47.4 Å². The zero-order valence-corrected chi connectivity index (χ0v) is 19.2. The van der Waals surface area contributed by atoms with Gasteiger partial charge in [0.05, 0.1) is 10.5 Å². The molecular weight excluding hydrogens is 437 g/mol. The van der Waals surface area contributed by atoms with E-state index in [0.717, 1.165) is 30.6 Å². The molecule has 0 unspecified atom stereocenters. The van der Waals surface area contributed by atoms with Crippen LogP contribution in [0.2, 0.25) is 0 Å². The Kier molecular flexibility index (Phi) is 5.71. The second-order valence-electron chi connectivity index (χ2n) is 7.73. The minimum atomic E-state index is -3.49. The fourth-order valence-electron chi connectivity index (χ4n) is 3.79. The molecule has 0 bridgehead atoms. The van der Waals surface area contributed by atoms with Crippen LogP contribution < -0.4 is 4.90 Å². The number of halogens is 1. The molecule has 1 aliphatic rings. The molecule has 0 spiro atoms. The summed E-state index contributed by atoms with van der Waals surface area (Å²) < 4.78 is 44.3. The van der Waals surface area contributed by atoms with Crippen molar-refractivity contribution in [2.24, 2.45) is 7.05 Å². The van der Waals surface area contributed by atoms with E-state index >= 15 is 0 Å². The predicted octanol–water partition coefficient (Wildman–Crippen LogP) is 3.42. The number of rotatable bonds is 5. The van der Waals surface area contributed by atoms with Crippen molar-refractivity contribution in [3.63, 3.8) is 0 Å². The fraction of sp³-hybridized carbons (Fsp3) is 0.333. The maximum Gasteiger partial charge on any atom is 0.242 e. The Morgan fingerprint density at radius 1 is 1.19 bits per heavy atom. The van der Waals surface area contributed by atoms with Crippen LogP contribution in [-0.4, -0.2) is 47.7 Å². The second kappa shape index (κ2) is 8.18. The van der Waals surface area contributed by atoms with E-state index in [2.05, 4.69) is 10.00 Å². The summed E-state index contributed by atoms with van der Waals surface area (Å²) in [7, 11) is 1.33. The summed E-state index contributed by atoms with van der Waals surface area (Å²) in [6.45, 7) is 1.19. The molecule has 2 heterocycles. The molecule has 7 nitrogen and oxygen atoms in total. The summed E-state index contributed by atoms with van der Waals surface area (Å²) in [5.41, 5.74) is 2.34. The van der Waals surface area contributed by atoms with Gasteiger partial charge in [-0.2, -0.15) is 0 Å². The molecule has 0 N–H and O–H groups in total. The normalized spacial score (nSPS) is 14.2. The van der Waals surface area contributed by atoms with Crippen LogP contribution in [0, 0.1) is 10.6 Å².